The number of carbonyl (C=O) groups excluding carboxylic acids is 1. The Morgan fingerprint density at radius 1 is 1.31 bits per heavy atom. The van der Waals surface area contributed by atoms with E-state index in [1.165, 1.54) is 0 Å². The molecule has 3 aromatic rings. The van der Waals surface area contributed by atoms with Crippen LogP contribution in [0.3, 0.4) is 0 Å². The largest absolute Gasteiger partial charge is 0.337 e. The monoisotopic (exact) mass is 350 g/mol. The zero-order chi connectivity index (χ0) is 18.1. The third kappa shape index (κ3) is 3.24. The van der Waals surface area contributed by atoms with Gasteiger partial charge in [-0.15, -0.1) is 0 Å². The first-order chi connectivity index (χ1) is 12.6. The maximum atomic E-state index is 12.7. The molecule has 1 atom stereocenters. The molecule has 1 amide bonds. The van der Waals surface area contributed by atoms with E-state index < -0.39 is 0 Å². The van der Waals surface area contributed by atoms with Crippen molar-refractivity contribution in [1.29, 1.82) is 0 Å². The second-order valence-corrected chi connectivity index (χ2v) is 6.88. The van der Waals surface area contributed by atoms with Gasteiger partial charge in [0.15, 0.2) is 5.82 Å². The van der Waals surface area contributed by atoms with Gasteiger partial charge in [-0.25, -0.2) is 4.98 Å². The Labute approximate surface area is 152 Å². The molecule has 7 heteroatoms. The molecule has 0 bridgehead atoms. The lowest BCUT2D eigenvalue weighted by Crippen LogP contribution is -2.30. The molecular weight excluding hydrogens is 328 g/mol. The number of nitrogens with zero attached hydrogens (tertiary/aromatic N) is 5. The van der Waals surface area contributed by atoms with Crippen LogP contribution in [0.1, 0.15) is 28.4 Å². The molecule has 1 saturated heterocycles. The van der Waals surface area contributed by atoms with Crippen LogP contribution in [-0.2, 0) is 13.5 Å². The fourth-order valence-electron chi connectivity index (χ4n) is 3.53. The number of carbonyl (C=O) groups is 1. The first-order valence-corrected chi connectivity index (χ1v) is 8.87. The molecule has 4 rings (SSSR count). The molecule has 1 N–H and O–H groups in total. The van der Waals surface area contributed by atoms with E-state index in [1.54, 1.807) is 4.68 Å². The van der Waals surface area contributed by atoms with Crippen molar-refractivity contribution in [2.75, 3.05) is 13.1 Å². The van der Waals surface area contributed by atoms with E-state index in [-0.39, 0.29) is 5.91 Å². The summed E-state index contributed by atoms with van der Waals surface area (Å²) in [6, 6.07) is 11.8. The van der Waals surface area contributed by atoms with Crippen LogP contribution in [0.25, 0.3) is 11.4 Å². The smallest absolute Gasteiger partial charge is 0.272 e. The minimum Gasteiger partial charge on any atom is -0.337 e. The van der Waals surface area contributed by atoms with Gasteiger partial charge in [0.1, 0.15) is 11.5 Å². The van der Waals surface area contributed by atoms with Gasteiger partial charge in [0.25, 0.3) is 5.91 Å². The highest BCUT2D eigenvalue weighted by molar-refractivity contribution is 5.92. The van der Waals surface area contributed by atoms with Crippen LogP contribution in [-0.4, -0.2) is 48.9 Å². The Kier molecular flexibility index (Phi) is 4.28. The predicted molar refractivity (Wildman–Crippen MR) is 97.5 cm³/mol. The lowest BCUT2D eigenvalue weighted by atomic mass is 10.1. The van der Waals surface area contributed by atoms with Crippen molar-refractivity contribution in [2.24, 2.45) is 13.0 Å². The molecule has 1 aromatic carbocycles. The van der Waals surface area contributed by atoms with Gasteiger partial charge in [-0.1, -0.05) is 30.3 Å². The Morgan fingerprint density at radius 3 is 2.85 bits per heavy atom. The van der Waals surface area contributed by atoms with Crippen LogP contribution in [0.5, 0.6) is 0 Å². The van der Waals surface area contributed by atoms with E-state index >= 15 is 0 Å². The molecule has 0 radical (unpaired) electrons. The van der Waals surface area contributed by atoms with Crippen molar-refractivity contribution < 1.29 is 4.79 Å². The van der Waals surface area contributed by atoms with Gasteiger partial charge in [0.2, 0.25) is 0 Å². The molecule has 26 heavy (non-hydrogen) atoms. The van der Waals surface area contributed by atoms with E-state index in [9.17, 15) is 4.79 Å². The van der Waals surface area contributed by atoms with Crippen LogP contribution in [0, 0.1) is 12.8 Å². The van der Waals surface area contributed by atoms with Crippen LogP contribution < -0.4 is 0 Å². The molecule has 1 aliphatic rings. The van der Waals surface area contributed by atoms with Crippen LogP contribution in [0.4, 0.5) is 0 Å². The lowest BCUT2D eigenvalue weighted by molar-refractivity contribution is 0.0776. The molecule has 2 aromatic heterocycles. The summed E-state index contributed by atoms with van der Waals surface area (Å²) in [6.45, 7) is 3.41. The molecule has 1 fully saturated rings. The summed E-state index contributed by atoms with van der Waals surface area (Å²) >= 11 is 0. The highest BCUT2D eigenvalue weighted by atomic mass is 16.2. The summed E-state index contributed by atoms with van der Waals surface area (Å²) < 4.78 is 1.66. The van der Waals surface area contributed by atoms with Crippen LogP contribution in [0.2, 0.25) is 0 Å². The molecule has 1 unspecified atom stereocenters. The van der Waals surface area contributed by atoms with Crippen molar-refractivity contribution in [3.8, 4) is 11.4 Å². The number of nitrogens with one attached hydrogen (secondary N) is 1. The first-order valence-electron chi connectivity index (χ1n) is 8.87. The van der Waals surface area contributed by atoms with Gasteiger partial charge in [-0.3, -0.25) is 14.6 Å². The van der Waals surface area contributed by atoms with E-state index in [1.807, 2.05) is 55.3 Å². The average molecular weight is 350 g/mol. The molecule has 0 saturated carbocycles. The number of amides is 1. The number of aromatic amines is 1. The van der Waals surface area contributed by atoms with Gasteiger partial charge in [-0.05, 0) is 25.3 Å². The molecule has 7 nitrogen and oxygen atoms in total. The summed E-state index contributed by atoms with van der Waals surface area (Å²) in [6.07, 6.45) is 1.78. The second kappa shape index (κ2) is 6.74. The van der Waals surface area contributed by atoms with E-state index in [2.05, 4.69) is 20.3 Å². The topological polar surface area (TPSA) is 79.7 Å². The fraction of sp³-hybridized carbons (Fsp3) is 0.368. The Morgan fingerprint density at radius 2 is 2.12 bits per heavy atom. The van der Waals surface area contributed by atoms with Gasteiger partial charge in [0, 0.05) is 32.1 Å². The van der Waals surface area contributed by atoms with Gasteiger partial charge in [0.05, 0.1) is 5.69 Å². The zero-order valence-corrected chi connectivity index (χ0v) is 15.0. The Balaban J connectivity index is 1.40. The Bertz CT molecular complexity index is 913. The van der Waals surface area contributed by atoms with Crippen molar-refractivity contribution in [3.63, 3.8) is 0 Å². The summed E-state index contributed by atoms with van der Waals surface area (Å²) in [5.41, 5.74) is 2.51. The maximum Gasteiger partial charge on any atom is 0.272 e. The fourth-order valence-corrected chi connectivity index (χ4v) is 3.53. The third-order valence-electron chi connectivity index (χ3n) is 4.84. The second-order valence-electron chi connectivity index (χ2n) is 6.88. The number of aromatic nitrogens is 5. The van der Waals surface area contributed by atoms with E-state index in [0.29, 0.717) is 11.6 Å². The van der Waals surface area contributed by atoms with E-state index in [0.717, 1.165) is 48.8 Å². The highest BCUT2D eigenvalue weighted by Crippen LogP contribution is 2.22. The molecule has 3 heterocycles. The summed E-state index contributed by atoms with van der Waals surface area (Å²) in [5.74, 6) is 2.04. The number of aryl methyl sites for hydroxylation is 2. The number of likely N-dealkylation sites (tertiary alicyclic amines) is 1. The number of hydrogen-bond acceptors (Lipinski definition) is 4. The number of benzene rings is 1. The van der Waals surface area contributed by atoms with Crippen molar-refractivity contribution >= 4 is 5.91 Å². The van der Waals surface area contributed by atoms with Gasteiger partial charge < -0.3 is 4.90 Å². The van der Waals surface area contributed by atoms with Gasteiger partial charge >= 0.3 is 0 Å². The Hall–Kier alpha value is -2.96. The van der Waals surface area contributed by atoms with Crippen molar-refractivity contribution in [2.45, 2.75) is 19.8 Å². The minimum atomic E-state index is 0.0538. The molecule has 1 aliphatic heterocycles. The van der Waals surface area contributed by atoms with Crippen molar-refractivity contribution in [3.05, 3.63) is 53.6 Å². The number of hydrogen-bond donors (Lipinski definition) is 1. The minimum absolute atomic E-state index is 0.0538. The third-order valence-corrected chi connectivity index (χ3v) is 4.84. The summed E-state index contributed by atoms with van der Waals surface area (Å²) in [7, 11) is 1.81. The number of rotatable bonds is 4. The summed E-state index contributed by atoms with van der Waals surface area (Å²) in [4.78, 5) is 19.2. The number of H-pyrrole nitrogens is 1. The SMILES string of the molecule is Cc1cc(C(=O)N2CCC(Cc3nc(-c4ccccc4)n[nH]3)C2)n(C)n1. The molecular formula is C19H22N6O. The van der Waals surface area contributed by atoms with Crippen LogP contribution in [0.15, 0.2) is 36.4 Å². The average Bonchev–Trinajstić information content (AvgIpc) is 3.36. The lowest BCUT2D eigenvalue weighted by Gasteiger charge is -2.16. The predicted octanol–water partition coefficient (Wildman–Crippen LogP) is 2.22. The highest BCUT2D eigenvalue weighted by Gasteiger charge is 2.29. The zero-order valence-electron chi connectivity index (χ0n) is 15.0. The van der Waals surface area contributed by atoms with Crippen molar-refractivity contribution in [1.82, 2.24) is 29.9 Å². The molecule has 134 valence electrons. The maximum absolute atomic E-state index is 12.7. The van der Waals surface area contributed by atoms with E-state index in [4.69, 9.17) is 0 Å². The normalized spacial score (nSPS) is 17.0. The van der Waals surface area contributed by atoms with Crippen LogP contribution >= 0.6 is 0 Å². The molecule has 0 spiro atoms. The summed E-state index contributed by atoms with van der Waals surface area (Å²) in [5, 5.41) is 11.6. The molecule has 0 aliphatic carbocycles. The quantitative estimate of drug-likeness (QED) is 0.782. The first kappa shape index (κ1) is 16.5. The standard InChI is InChI=1S/C19H22N6O/c1-13-10-16(24(2)23-13)19(26)25-9-8-14(12-25)11-17-20-18(22-21-17)15-6-4-3-5-7-15/h3-7,10,14H,8-9,11-12H2,1-2H3,(H,20,21,22). The van der Waals surface area contributed by atoms with Gasteiger partial charge in [-0.2, -0.15) is 10.2 Å².